The third kappa shape index (κ3) is 5.50. The molecule has 0 bridgehead atoms. The first-order valence-electron chi connectivity index (χ1n) is 9.69. The van der Waals surface area contributed by atoms with Crippen LogP contribution < -0.4 is 0 Å². The maximum Gasteiger partial charge on any atom is 0.196 e. The number of hydrogen-bond donors (Lipinski definition) is 0. The Hall–Kier alpha value is -2.01. The number of ketones is 1. The van der Waals surface area contributed by atoms with Crippen LogP contribution in [0.2, 0.25) is 18.1 Å². The molecule has 1 unspecified atom stereocenters. The predicted octanol–water partition coefficient (Wildman–Crippen LogP) is 6.29. The lowest BCUT2D eigenvalue weighted by atomic mass is 9.95. The molecule has 1 atom stereocenters. The van der Waals surface area contributed by atoms with Crippen molar-refractivity contribution in [3.8, 4) is 0 Å². The molecule has 0 aliphatic rings. The molecule has 2 aromatic rings. The number of ether oxygens (including phenoxy) is 1. The fourth-order valence-electron chi connectivity index (χ4n) is 2.68. The molecule has 0 heterocycles. The zero-order chi connectivity index (χ0) is 20.8. The van der Waals surface area contributed by atoms with E-state index in [1.54, 1.807) is 7.11 Å². The smallest absolute Gasteiger partial charge is 0.196 e. The third-order valence-corrected chi connectivity index (χ3v) is 9.96. The van der Waals surface area contributed by atoms with Crippen LogP contribution in [0.25, 0.3) is 6.08 Å². The zero-order valence-corrected chi connectivity index (χ0v) is 18.9. The average Bonchev–Trinajstić information content (AvgIpc) is 2.66. The summed E-state index contributed by atoms with van der Waals surface area (Å²) >= 11 is 0. The summed E-state index contributed by atoms with van der Waals surface area (Å²) in [6.45, 7) is 11.8. The molecule has 0 fully saturated rings. The molecule has 0 saturated carbocycles. The summed E-state index contributed by atoms with van der Waals surface area (Å²) < 4.78 is 11.8. The van der Waals surface area contributed by atoms with Crippen LogP contribution in [0.3, 0.4) is 0 Å². The second-order valence-corrected chi connectivity index (χ2v) is 13.3. The highest BCUT2D eigenvalue weighted by atomic mass is 28.4. The summed E-state index contributed by atoms with van der Waals surface area (Å²) in [6.07, 6.45) is 3.41. The predicted molar refractivity (Wildman–Crippen MR) is 119 cm³/mol. The zero-order valence-electron chi connectivity index (χ0n) is 17.9. The van der Waals surface area contributed by atoms with Crippen molar-refractivity contribution in [1.29, 1.82) is 0 Å². The van der Waals surface area contributed by atoms with Crippen LogP contribution in [0.4, 0.5) is 0 Å². The molecule has 0 aliphatic heterocycles. The van der Waals surface area contributed by atoms with Gasteiger partial charge in [-0.25, -0.2) is 0 Å². The highest BCUT2D eigenvalue weighted by Gasteiger charge is 2.36. The Kier molecular flexibility index (Phi) is 7.53. The normalized spacial score (nSPS) is 13.6. The van der Waals surface area contributed by atoms with Crippen molar-refractivity contribution in [3.63, 3.8) is 0 Å². The summed E-state index contributed by atoms with van der Waals surface area (Å²) in [7, 11) is -0.201. The molecule has 150 valence electrons. The molecule has 0 saturated heterocycles. The summed E-state index contributed by atoms with van der Waals surface area (Å²) in [6, 6.07) is 17.1. The quantitative estimate of drug-likeness (QED) is 0.388. The monoisotopic (exact) mass is 396 g/mol. The highest BCUT2D eigenvalue weighted by molar-refractivity contribution is 6.74. The Morgan fingerprint density at radius 3 is 2.25 bits per heavy atom. The Morgan fingerprint density at radius 2 is 1.64 bits per heavy atom. The molecule has 2 rings (SSSR count). The van der Waals surface area contributed by atoms with Gasteiger partial charge in [0.25, 0.3) is 0 Å². The van der Waals surface area contributed by atoms with E-state index in [-0.39, 0.29) is 10.8 Å². The molecule has 2 aromatic carbocycles. The second-order valence-electron chi connectivity index (χ2n) is 8.45. The van der Waals surface area contributed by atoms with Gasteiger partial charge in [0.05, 0.1) is 6.61 Å². The first kappa shape index (κ1) is 22.3. The number of carbonyl (C=O) groups excluding carboxylic acids is 1. The van der Waals surface area contributed by atoms with Crippen molar-refractivity contribution >= 4 is 20.2 Å². The molecule has 0 N–H and O–H groups in total. The van der Waals surface area contributed by atoms with Gasteiger partial charge in [-0.1, -0.05) is 87.5 Å². The fourth-order valence-corrected chi connectivity index (χ4v) is 3.62. The van der Waals surface area contributed by atoms with E-state index in [1.165, 1.54) is 0 Å². The molecular weight excluding hydrogens is 364 g/mol. The van der Waals surface area contributed by atoms with Gasteiger partial charge in [-0.3, -0.25) is 4.79 Å². The van der Waals surface area contributed by atoms with Crippen molar-refractivity contribution in [3.05, 3.63) is 77.4 Å². The van der Waals surface area contributed by atoms with E-state index in [1.807, 2.05) is 66.7 Å². The minimum Gasteiger partial charge on any atom is -0.413 e. The van der Waals surface area contributed by atoms with E-state index in [2.05, 4.69) is 33.9 Å². The van der Waals surface area contributed by atoms with Crippen molar-refractivity contribution < 1.29 is 14.0 Å². The van der Waals surface area contributed by atoms with Crippen LogP contribution in [0, 0.1) is 0 Å². The average molecular weight is 397 g/mol. The summed E-state index contributed by atoms with van der Waals surface area (Å²) in [4.78, 5) is 12.9. The maximum absolute atomic E-state index is 12.9. The molecular formula is C24H32O3Si. The van der Waals surface area contributed by atoms with Gasteiger partial charge >= 0.3 is 0 Å². The summed E-state index contributed by atoms with van der Waals surface area (Å²) in [5.74, 6) is -0.0403. The SMILES string of the molecule is COC(C(=O)c1ccccc1)c1ccccc1/C=C/CO[Si](C)(C)C(C)(C)C. The van der Waals surface area contributed by atoms with Crippen molar-refractivity contribution in [2.75, 3.05) is 13.7 Å². The minimum absolute atomic E-state index is 0.0403. The van der Waals surface area contributed by atoms with Gasteiger partial charge in [0, 0.05) is 12.7 Å². The van der Waals surface area contributed by atoms with Crippen molar-refractivity contribution in [1.82, 2.24) is 0 Å². The van der Waals surface area contributed by atoms with E-state index < -0.39 is 14.4 Å². The number of methoxy groups -OCH3 is 1. The number of hydrogen-bond acceptors (Lipinski definition) is 3. The highest BCUT2D eigenvalue weighted by Crippen LogP contribution is 2.36. The minimum atomic E-state index is -1.78. The molecule has 28 heavy (non-hydrogen) atoms. The first-order valence-corrected chi connectivity index (χ1v) is 12.6. The number of rotatable bonds is 8. The Labute approximate surface area is 170 Å². The Balaban J connectivity index is 2.19. The molecule has 3 nitrogen and oxygen atoms in total. The van der Waals surface area contributed by atoms with Gasteiger partial charge in [0.2, 0.25) is 0 Å². The van der Waals surface area contributed by atoms with Crippen molar-refractivity contribution in [2.24, 2.45) is 0 Å². The number of benzene rings is 2. The Morgan fingerprint density at radius 1 is 1.04 bits per heavy atom. The first-order chi connectivity index (χ1) is 13.2. The van der Waals surface area contributed by atoms with Crippen LogP contribution in [-0.4, -0.2) is 27.8 Å². The number of Topliss-reactive ketones (excluding diaryl/α,β-unsaturated/α-hetero) is 1. The lowest BCUT2D eigenvalue weighted by Crippen LogP contribution is -2.40. The molecule has 0 radical (unpaired) electrons. The Bertz CT molecular complexity index is 804. The van der Waals surface area contributed by atoms with E-state index in [9.17, 15) is 4.79 Å². The lowest BCUT2D eigenvalue weighted by molar-refractivity contribution is 0.0604. The summed E-state index contributed by atoms with van der Waals surface area (Å²) in [5, 5.41) is 0.183. The van der Waals surface area contributed by atoms with Crippen LogP contribution in [0.15, 0.2) is 60.7 Å². The van der Waals surface area contributed by atoms with E-state index in [0.29, 0.717) is 12.2 Å². The maximum atomic E-state index is 12.9. The van der Waals surface area contributed by atoms with Crippen LogP contribution >= 0.6 is 0 Å². The van der Waals surface area contributed by atoms with Crippen LogP contribution in [0.1, 0.15) is 48.4 Å². The van der Waals surface area contributed by atoms with Crippen molar-refractivity contribution in [2.45, 2.75) is 45.0 Å². The van der Waals surface area contributed by atoms with E-state index in [4.69, 9.17) is 9.16 Å². The number of carbonyl (C=O) groups is 1. The molecule has 0 amide bonds. The third-order valence-electron chi connectivity index (χ3n) is 5.45. The van der Waals surface area contributed by atoms with Gasteiger partial charge in [-0.2, -0.15) is 0 Å². The van der Waals surface area contributed by atoms with E-state index >= 15 is 0 Å². The molecule has 0 aliphatic carbocycles. The fraction of sp³-hybridized carbons (Fsp3) is 0.375. The summed E-state index contributed by atoms with van der Waals surface area (Å²) in [5.41, 5.74) is 2.48. The topological polar surface area (TPSA) is 35.5 Å². The molecule has 4 heteroatoms. The van der Waals surface area contributed by atoms with Gasteiger partial charge in [0.15, 0.2) is 14.1 Å². The van der Waals surface area contributed by atoms with Gasteiger partial charge in [0.1, 0.15) is 6.10 Å². The van der Waals surface area contributed by atoms with Crippen LogP contribution in [0.5, 0.6) is 0 Å². The molecule has 0 spiro atoms. The van der Waals surface area contributed by atoms with Crippen LogP contribution in [-0.2, 0) is 9.16 Å². The molecule has 0 aromatic heterocycles. The second kappa shape index (κ2) is 9.46. The largest absolute Gasteiger partial charge is 0.413 e. The van der Waals surface area contributed by atoms with E-state index in [0.717, 1.165) is 11.1 Å². The lowest BCUT2D eigenvalue weighted by Gasteiger charge is -2.35. The standard InChI is InChI=1S/C24H32O3Si/c1-24(2,3)28(5,6)27-18-12-16-19-13-10-11-17-21(19)23(26-4)22(25)20-14-8-7-9-15-20/h7-17,23H,18H2,1-6H3/b16-12+. The van der Waals surface area contributed by atoms with Gasteiger partial charge in [-0.15, -0.1) is 0 Å². The van der Waals surface area contributed by atoms with Gasteiger partial charge in [-0.05, 0) is 29.3 Å². The van der Waals surface area contributed by atoms with Gasteiger partial charge < -0.3 is 9.16 Å².